The van der Waals surface area contributed by atoms with Crippen molar-refractivity contribution in [1.29, 1.82) is 0 Å². The second-order valence-electron chi connectivity index (χ2n) is 3.99. The van der Waals surface area contributed by atoms with Crippen molar-refractivity contribution in [3.63, 3.8) is 0 Å². The average molecular weight is 257 g/mol. The molecule has 2 rings (SSSR count). The molecule has 0 atom stereocenters. The molecule has 0 spiro atoms. The number of methoxy groups -OCH3 is 2. The largest absolute Gasteiger partial charge is 0.497 e. The first-order chi connectivity index (χ1) is 9.17. The van der Waals surface area contributed by atoms with E-state index in [1.165, 1.54) is 7.11 Å². The molecule has 2 N–H and O–H groups in total. The summed E-state index contributed by atoms with van der Waals surface area (Å²) in [5.74, 6) is 0.344. The molecule has 0 unspecified atom stereocenters. The Morgan fingerprint density at radius 1 is 1.05 bits per heavy atom. The number of anilines is 1. The Morgan fingerprint density at radius 3 is 2.32 bits per heavy atom. The van der Waals surface area contributed by atoms with E-state index in [0.29, 0.717) is 16.8 Å². The summed E-state index contributed by atoms with van der Waals surface area (Å²) in [4.78, 5) is 11.8. The lowest BCUT2D eigenvalue weighted by atomic mass is 9.98. The molecule has 0 heterocycles. The van der Waals surface area contributed by atoms with Crippen molar-refractivity contribution < 1.29 is 14.3 Å². The molecule has 0 fully saturated rings. The third-order valence-electron chi connectivity index (χ3n) is 2.88. The average Bonchev–Trinajstić information content (AvgIpc) is 2.46. The quantitative estimate of drug-likeness (QED) is 0.678. The Kier molecular flexibility index (Phi) is 3.71. The summed E-state index contributed by atoms with van der Waals surface area (Å²) >= 11 is 0. The number of hydrogen-bond donors (Lipinski definition) is 1. The molecule has 4 nitrogen and oxygen atoms in total. The Hall–Kier alpha value is -2.49. The summed E-state index contributed by atoms with van der Waals surface area (Å²) in [6, 6.07) is 12.5. The van der Waals surface area contributed by atoms with Crippen molar-refractivity contribution in [1.82, 2.24) is 0 Å². The van der Waals surface area contributed by atoms with Gasteiger partial charge in [-0.15, -0.1) is 0 Å². The molecule has 19 heavy (non-hydrogen) atoms. The van der Waals surface area contributed by atoms with Gasteiger partial charge in [-0.3, -0.25) is 0 Å². The maximum Gasteiger partial charge on any atom is 0.338 e. The van der Waals surface area contributed by atoms with Crippen LogP contribution in [0.15, 0.2) is 42.5 Å². The van der Waals surface area contributed by atoms with E-state index in [2.05, 4.69) is 0 Å². The highest BCUT2D eigenvalue weighted by Crippen LogP contribution is 2.31. The van der Waals surface area contributed by atoms with Crippen LogP contribution in [0.2, 0.25) is 0 Å². The molecule has 4 heteroatoms. The van der Waals surface area contributed by atoms with Crippen LogP contribution in [0.25, 0.3) is 11.1 Å². The van der Waals surface area contributed by atoms with Gasteiger partial charge in [-0.05, 0) is 29.8 Å². The molecule has 0 radical (unpaired) electrons. The molecule has 0 aromatic heterocycles. The Balaban J connectivity index is 2.56. The normalized spacial score (nSPS) is 10.0. The monoisotopic (exact) mass is 257 g/mol. The van der Waals surface area contributed by atoms with Gasteiger partial charge >= 0.3 is 5.97 Å². The lowest BCUT2D eigenvalue weighted by molar-refractivity contribution is 0.0601. The first-order valence-corrected chi connectivity index (χ1v) is 5.78. The highest BCUT2D eigenvalue weighted by molar-refractivity contribution is 6.00. The zero-order chi connectivity index (χ0) is 13.8. The Labute approximate surface area is 111 Å². The van der Waals surface area contributed by atoms with E-state index in [1.54, 1.807) is 25.3 Å². The summed E-state index contributed by atoms with van der Waals surface area (Å²) in [5, 5.41) is 0. The standard InChI is InChI=1S/C15H15NO3/c1-18-11-8-6-10(7-9-11)14-12(15(17)19-2)4-3-5-13(14)16/h3-9H,16H2,1-2H3. The highest BCUT2D eigenvalue weighted by atomic mass is 16.5. The van der Waals surface area contributed by atoms with E-state index in [9.17, 15) is 4.79 Å². The topological polar surface area (TPSA) is 61.5 Å². The molecule has 0 saturated carbocycles. The van der Waals surface area contributed by atoms with Crippen LogP contribution in [0.3, 0.4) is 0 Å². The summed E-state index contributed by atoms with van der Waals surface area (Å²) in [5.41, 5.74) is 8.49. The van der Waals surface area contributed by atoms with Crippen molar-refractivity contribution in [2.24, 2.45) is 0 Å². The number of nitrogen functional groups attached to an aromatic ring is 1. The van der Waals surface area contributed by atoms with Crippen molar-refractivity contribution in [3.8, 4) is 16.9 Å². The minimum atomic E-state index is -0.405. The predicted molar refractivity (Wildman–Crippen MR) is 74.2 cm³/mol. The number of hydrogen-bond acceptors (Lipinski definition) is 4. The fourth-order valence-electron chi connectivity index (χ4n) is 1.93. The van der Waals surface area contributed by atoms with Crippen LogP contribution in [0, 0.1) is 0 Å². The molecule has 2 aromatic carbocycles. The molecule has 0 aliphatic carbocycles. The number of carbonyl (C=O) groups excluding carboxylic acids is 1. The van der Waals surface area contributed by atoms with Gasteiger partial charge in [0.2, 0.25) is 0 Å². The van der Waals surface area contributed by atoms with Gasteiger partial charge in [-0.25, -0.2) is 4.79 Å². The van der Waals surface area contributed by atoms with Gasteiger partial charge in [0.05, 0.1) is 19.8 Å². The van der Waals surface area contributed by atoms with Crippen molar-refractivity contribution >= 4 is 11.7 Å². The van der Waals surface area contributed by atoms with E-state index in [4.69, 9.17) is 15.2 Å². The van der Waals surface area contributed by atoms with Crippen molar-refractivity contribution in [2.45, 2.75) is 0 Å². The summed E-state index contributed by atoms with van der Waals surface area (Å²) in [6.45, 7) is 0. The van der Waals surface area contributed by atoms with E-state index in [0.717, 1.165) is 11.3 Å². The SMILES string of the molecule is COC(=O)c1cccc(N)c1-c1ccc(OC)cc1. The lowest BCUT2D eigenvalue weighted by Crippen LogP contribution is -2.05. The number of rotatable bonds is 3. The predicted octanol–water partition coefficient (Wildman–Crippen LogP) is 2.73. The van der Waals surface area contributed by atoms with Crippen LogP contribution in [0.1, 0.15) is 10.4 Å². The van der Waals surface area contributed by atoms with Crippen LogP contribution in [-0.4, -0.2) is 20.2 Å². The fourth-order valence-corrected chi connectivity index (χ4v) is 1.93. The van der Waals surface area contributed by atoms with Gasteiger partial charge in [0.25, 0.3) is 0 Å². The highest BCUT2D eigenvalue weighted by Gasteiger charge is 2.15. The minimum absolute atomic E-state index is 0.405. The fraction of sp³-hybridized carbons (Fsp3) is 0.133. The van der Waals surface area contributed by atoms with Crippen LogP contribution in [0.5, 0.6) is 5.75 Å². The molecule has 0 bridgehead atoms. The first kappa shape index (κ1) is 13.0. The van der Waals surface area contributed by atoms with Gasteiger partial charge in [0, 0.05) is 11.3 Å². The van der Waals surface area contributed by atoms with E-state index >= 15 is 0 Å². The second-order valence-corrected chi connectivity index (χ2v) is 3.99. The van der Waals surface area contributed by atoms with Crippen LogP contribution >= 0.6 is 0 Å². The molecular weight excluding hydrogens is 242 g/mol. The van der Waals surface area contributed by atoms with E-state index in [-0.39, 0.29) is 0 Å². The van der Waals surface area contributed by atoms with Gasteiger partial charge in [-0.1, -0.05) is 18.2 Å². The maximum absolute atomic E-state index is 11.8. The minimum Gasteiger partial charge on any atom is -0.497 e. The molecule has 0 saturated heterocycles. The van der Waals surface area contributed by atoms with Gasteiger partial charge in [0.1, 0.15) is 5.75 Å². The van der Waals surface area contributed by atoms with Crippen molar-refractivity contribution in [2.75, 3.05) is 20.0 Å². The van der Waals surface area contributed by atoms with Crippen LogP contribution in [0.4, 0.5) is 5.69 Å². The molecule has 98 valence electrons. The summed E-state index contributed by atoms with van der Waals surface area (Å²) < 4.78 is 9.89. The van der Waals surface area contributed by atoms with Gasteiger partial charge in [0.15, 0.2) is 0 Å². The van der Waals surface area contributed by atoms with Gasteiger partial charge < -0.3 is 15.2 Å². The molecule has 0 amide bonds. The van der Waals surface area contributed by atoms with Crippen molar-refractivity contribution in [3.05, 3.63) is 48.0 Å². The Morgan fingerprint density at radius 2 is 1.74 bits per heavy atom. The Bertz CT molecular complexity index is 591. The lowest BCUT2D eigenvalue weighted by Gasteiger charge is -2.11. The molecule has 0 aliphatic heterocycles. The summed E-state index contributed by atoms with van der Waals surface area (Å²) in [6.07, 6.45) is 0. The maximum atomic E-state index is 11.8. The summed E-state index contributed by atoms with van der Waals surface area (Å²) in [7, 11) is 2.95. The number of carbonyl (C=O) groups is 1. The second kappa shape index (κ2) is 5.44. The number of esters is 1. The zero-order valence-corrected chi connectivity index (χ0v) is 10.8. The van der Waals surface area contributed by atoms with Crippen LogP contribution < -0.4 is 10.5 Å². The van der Waals surface area contributed by atoms with Gasteiger partial charge in [-0.2, -0.15) is 0 Å². The van der Waals surface area contributed by atoms with E-state index < -0.39 is 5.97 Å². The molecule has 2 aromatic rings. The third-order valence-corrected chi connectivity index (χ3v) is 2.88. The zero-order valence-electron chi connectivity index (χ0n) is 10.8. The van der Waals surface area contributed by atoms with E-state index in [1.807, 2.05) is 24.3 Å². The smallest absolute Gasteiger partial charge is 0.338 e. The molecule has 0 aliphatic rings. The number of benzene rings is 2. The van der Waals surface area contributed by atoms with Crippen LogP contribution in [-0.2, 0) is 4.74 Å². The number of nitrogens with two attached hydrogens (primary N) is 1. The first-order valence-electron chi connectivity index (χ1n) is 5.78. The number of ether oxygens (including phenoxy) is 2. The third kappa shape index (κ3) is 2.52. The molecular formula is C15H15NO3.